The van der Waals surface area contributed by atoms with Gasteiger partial charge >= 0.3 is 5.97 Å². The highest BCUT2D eigenvalue weighted by atomic mass is 16.5. The molecule has 0 amide bonds. The van der Waals surface area contributed by atoms with Gasteiger partial charge in [-0.2, -0.15) is 0 Å². The van der Waals surface area contributed by atoms with Crippen LogP contribution in [0.15, 0.2) is 24.3 Å². The third-order valence-corrected chi connectivity index (χ3v) is 3.94. The second kappa shape index (κ2) is 10.7. The van der Waals surface area contributed by atoms with Crippen molar-refractivity contribution in [1.29, 1.82) is 0 Å². The normalized spacial score (nSPS) is 12.4. The Hall–Kier alpha value is -1.97. The van der Waals surface area contributed by atoms with Crippen LogP contribution in [0.25, 0.3) is 6.08 Å². The fraction of sp³-hybridized carbons (Fsp3) is 0.526. The van der Waals surface area contributed by atoms with Crippen LogP contribution in [-0.4, -0.2) is 22.8 Å². The minimum absolute atomic E-state index is 0.182. The molecule has 1 atom stereocenters. The zero-order valence-electron chi connectivity index (χ0n) is 14.1. The number of unbranched alkanes of at least 4 members (excludes halogenated alkanes) is 3. The predicted molar refractivity (Wildman–Crippen MR) is 92.3 cm³/mol. The van der Waals surface area contributed by atoms with Crippen LogP contribution < -0.4 is 0 Å². The number of hydrogen-bond donors (Lipinski definition) is 2. The maximum atomic E-state index is 11.6. The number of carbonyl (C=O) groups excluding carboxylic acids is 1. The molecule has 0 aliphatic heterocycles. The van der Waals surface area contributed by atoms with Crippen molar-refractivity contribution < 1.29 is 19.7 Å². The Morgan fingerprint density at radius 1 is 1.17 bits per heavy atom. The van der Waals surface area contributed by atoms with Crippen LogP contribution in [0.2, 0.25) is 0 Å². The summed E-state index contributed by atoms with van der Waals surface area (Å²) in [4.78, 5) is 11.6. The molecule has 1 unspecified atom stereocenters. The number of rotatable bonds is 10. The second-order valence-electron chi connectivity index (χ2n) is 5.97. The van der Waals surface area contributed by atoms with E-state index in [-0.39, 0.29) is 11.5 Å². The first-order chi connectivity index (χ1) is 11.0. The van der Waals surface area contributed by atoms with E-state index in [4.69, 9.17) is 4.74 Å². The van der Waals surface area contributed by atoms with Crippen LogP contribution in [0.3, 0.4) is 0 Å². The van der Waals surface area contributed by atoms with Crippen LogP contribution >= 0.6 is 0 Å². The zero-order valence-corrected chi connectivity index (χ0v) is 14.1. The van der Waals surface area contributed by atoms with Gasteiger partial charge in [-0.05, 0) is 36.1 Å². The Kier molecular flexibility index (Phi) is 8.88. The maximum Gasteiger partial charge on any atom is 0.330 e. The summed E-state index contributed by atoms with van der Waals surface area (Å²) >= 11 is 0. The highest BCUT2D eigenvalue weighted by Crippen LogP contribution is 2.25. The average molecular weight is 320 g/mol. The van der Waals surface area contributed by atoms with Crippen molar-refractivity contribution in [2.45, 2.75) is 52.4 Å². The SMILES string of the molecule is CCC(C)CCCCCCOC(=O)C=Cc1ccc(O)c(O)c1. The van der Waals surface area contributed by atoms with E-state index in [1.807, 2.05) is 0 Å². The van der Waals surface area contributed by atoms with Crippen molar-refractivity contribution in [3.05, 3.63) is 29.8 Å². The van der Waals surface area contributed by atoms with Gasteiger partial charge in [0, 0.05) is 6.08 Å². The van der Waals surface area contributed by atoms with Gasteiger partial charge in [0.25, 0.3) is 0 Å². The molecular weight excluding hydrogens is 292 g/mol. The monoisotopic (exact) mass is 320 g/mol. The van der Waals surface area contributed by atoms with E-state index in [1.165, 1.54) is 43.9 Å². The van der Waals surface area contributed by atoms with Crippen LogP contribution in [0.5, 0.6) is 11.5 Å². The number of carbonyl (C=O) groups is 1. The van der Waals surface area contributed by atoms with E-state index in [1.54, 1.807) is 12.1 Å². The van der Waals surface area contributed by atoms with Gasteiger partial charge < -0.3 is 14.9 Å². The molecule has 4 nitrogen and oxygen atoms in total. The number of benzene rings is 1. The summed E-state index contributed by atoms with van der Waals surface area (Å²) in [5, 5.41) is 18.6. The minimum atomic E-state index is -0.392. The quantitative estimate of drug-likeness (QED) is 0.285. The molecule has 0 aliphatic rings. The van der Waals surface area contributed by atoms with Gasteiger partial charge in [0.05, 0.1) is 6.61 Å². The third-order valence-electron chi connectivity index (χ3n) is 3.94. The highest BCUT2D eigenvalue weighted by Gasteiger charge is 2.01. The molecule has 0 saturated heterocycles. The molecule has 1 aromatic rings. The second-order valence-corrected chi connectivity index (χ2v) is 5.97. The Morgan fingerprint density at radius 2 is 1.91 bits per heavy atom. The summed E-state index contributed by atoms with van der Waals surface area (Å²) in [5.74, 6) is 0.0189. The van der Waals surface area contributed by atoms with Gasteiger partial charge in [0.2, 0.25) is 0 Å². The average Bonchev–Trinajstić information content (AvgIpc) is 2.54. The third kappa shape index (κ3) is 8.29. The summed E-state index contributed by atoms with van der Waals surface area (Å²) in [5.41, 5.74) is 0.627. The molecule has 0 bridgehead atoms. The summed E-state index contributed by atoms with van der Waals surface area (Å²) < 4.78 is 5.13. The first kappa shape index (κ1) is 19.1. The van der Waals surface area contributed by atoms with Crippen LogP contribution in [0.4, 0.5) is 0 Å². The number of ether oxygens (including phenoxy) is 1. The summed E-state index contributed by atoms with van der Waals surface area (Å²) in [6.45, 7) is 4.94. The highest BCUT2D eigenvalue weighted by molar-refractivity contribution is 5.87. The molecule has 1 rings (SSSR count). The molecule has 128 valence electrons. The predicted octanol–water partition coefficient (Wildman–Crippen LogP) is 4.65. The fourth-order valence-electron chi connectivity index (χ4n) is 2.18. The van der Waals surface area contributed by atoms with Gasteiger partial charge in [-0.3, -0.25) is 0 Å². The van der Waals surface area contributed by atoms with Crippen molar-refractivity contribution in [2.24, 2.45) is 5.92 Å². The molecular formula is C19H28O4. The minimum Gasteiger partial charge on any atom is -0.504 e. The number of phenolic OH excluding ortho intramolecular Hbond substituents is 2. The first-order valence-corrected chi connectivity index (χ1v) is 8.39. The van der Waals surface area contributed by atoms with Gasteiger partial charge in [-0.1, -0.05) is 52.0 Å². The molecule has 1 aromatic carbocycles. The molecule has 4 heteroatoms. The summed E-state index contributed by atoms with van der Waals surface area (Å²) in [6, 6.07) is 4.37. The lowest BCUT2D eigenvalue weighted by molar-refractivity contribution is -0.137. The van der Waals surface area contributed by atoms with E-state index in [2.05, 4.69) is 13.8 Å². The summed E-state index contributed by atoms with van der Waals surface area (Å²) in [6.07, 6.45) is 9.79. The van der Waals surface area contributed by atoms with Gasteiger partial charge in [-0.25, -0.2) is 4.79 Å². The zero-order chi connectivity index (χ0) is 17.1. The molecule has 0 fully saturated rings. The van der Waals surface area contributed by atoms with Gasteiger partial charge in [0.1, 0.15) is 0 Å². The lowest BCUT2D eigenvalue weighted by Crippen LogP contribution is -2.02. The molecule has 2 N–H and O–H groups in total. The molecule has 0 spiro atoms. The van der Waals surface area contributed by atoms with E-state index in [0.29, 0.717) is 12.2 Å². The lowest BCUT2D eigenvalue weighted by Gasteiger charge is -2.07. The number of aromatic hydroxyl groups is 2. The smallest absolute Gasteiger partial charge is 0.330 e. The molecule has 0 aliphatic carbocycles. The topological polar surface area (TPSA) is 66.8 Å². The lowest BCUT2D eigenvalue weighted by atomic mass is 10.0. The Labute approximate surface area is 138 Å². The fourth-order valence-corrected chi connectivity index (χ4v) is 2.18. The van der Waals surface area contributed by atoms with Gasteiger partial charge in [0.15, 0.2) is 11.5 Å². The van der Waals surface area contributed by atoms with Crippen LogP contribution in [0.1, 0.15) is 57.9 Å². The Bertz CT molecular complexity index is 508. The molecule has 23 heavy (non-hydrogen) atoms. The van der Waals surface area contributed by atoms with Crippen LogP contribution in [0, 0.1) is 5.92 Å². The summed E-state index contributed by atoms with van der Waals surface area (Å²) in [7, 11) is 0. The molecule has 0 aromatic heterocycles. The van der Waals surface area contributed by atoms with Gasteiger partial charge in [-0.15, -0.1) is 0 Å². The van der Waals surface area contributed by atoms with E-state index in [9.17, 15) is 15.0 Å². The van der Waals surface area contributed by atoms with E-state index >= 15 is 0 Å². The largest absolute Gasteiger partial charge is 0.504 e. The van der Waals surface area contributed by atoms with Crippen molar-refractivity contribution in [3.8, 4) is 11.5 Å². The van der Waals surface area contributed by atoms with Crippen LogP contribution in [-0.2, 0) is 9.53 Å². The Balaban J connectivity index is 2.14. The maximum absolute atomic E-state index is 11.6. The number of hydrogen-bond acceptors (Lipinski definition) is 4. The van der Waals surface area contributed by atoms with Crippen molar-refractivity contribution in [3.63, 3.8) is 0 Å². The van der Waals surface area contributed by atoms with Crippen molar-refractivity contribution in [2.75, 3.05) is 6.61 Å². The Morgan fingerprint density at radius 3 is 2.61 bits per heavy atom. The van der Waals surface area contributed by atoms with E-state index in [0.717, 1.165) is 18.8 Å². The first-order valence-electron chi connectivity index (χ1n) is 8.39. The number of phenols is 2. The standard InChI is InChI=1S/C19H28O4/c1-3-15(2)8-6-4-5-7-13-23-19(22)12-10-16-9-11-17(20)18(21)14-16/h9-12,14-15,20-21H,3-8,13H2,1-2H3. The molecule has 0 saturated carbocycles. The molecule has 0 radical (unpaired) electrons. The van der Waals surface area contributed by atoms with Crippen molar-refractivity contribution >= 4 is 12.0 Å². The van der Waals surface area contributed by atoms with E-state index < -0.39 is 5.97 Å². The number of esters is 1. The molecule has 0 heterocycles. The van der Waals surface area contributed by atoms with Crippen molar-refractivity contribution in [1.82, 2.24) is 0 Å².